The van der Waals surface area contributed by atoms with Crippen LogP contribution in [0.5, 0.6) is 0 Å². The van der Waals surface area contributed by atoms with Crippen LogP contribution in [0.25, 0.3) is 5.69 Å². The van der Waals surface area contributed by atoms with E-state index in [-0.39, 0.29) is 0 Å². The molecule has 3 aromatic rings. The number of aromatic nitrogens is 5. The fraction of sp³-hybridized carbons (Fsp3) is 0.421. The summed E-state index contributed by atoms with van der Waals surface area (Å²) in [7, 11) is 2.10. The van der Waals surface area contributed by atoms with E-state index < -0.39 is 0 Å². The Bertz CT molecular complexity index is 831. The van der Waals surface area contributed by atoms with E-state index in [2.05, 4.69) is 59.7 Å². The molecule has 0 saturated heterocycles. The highest BCUT2D eigenvalue weighted by molar-refractivity contribution is 5.30. The highest BCUT2D eigenvalue weighted by Crippen LogP contribution is 2.19. The lowest BCUT2D eigenvalue weighted by molar-refractivity contribution is 0.313. The van der Waals surface area contributed by atoms with Crippen molar-refractivity contribution in [3.05, 3.63) is 59.2 Å². The lowest BCUT2D eigenvalue weighted by Crippen LogP contribution is -2.18. The van der Waals surface area contributed by atoms with Crippen LogP contribution in [-0.2, 0) is 13.1 Å². The third kappa shape index (κ3) is 3.79. The molecule has 0 aliphatic heterocycles. The number of nitrogens with zero attached hydrogens (tertiary/aromatic N) is 6. The zero-order valence-corrected chi connectivity index (χ0v) is 15.6. The molecule has 0 aliphatic carbocycles. The Kier molecular flexibility index (Phi) is 4.99. The summed E-state index contributed by atoms with van der Waals surface area (Å²) in [5, 5.41) is 13.2. The van der Waals surface area contributed by atoms with Gasteiger partial charge in [0.1, 0.15) is 0 Å². The van der Waals surface area contributed by atoms with Gasteiger partial charge >= 0.3 is 0 Å². The predicted octanol–water partition coefficient (Wildman–Crippen LogP) is 3.29. The van der Waals surface area contributed by atoms with Crippen molar-refractivity contribution in [3.63, 3.8) is 0 Å². The van der Waals surface area contributed by atoms with E-state index in [1.165, 1.54) is 11.3 Å². The van der Waals surface area contributed by atoms with E-state index in [9.17, 15) is 0 Å². The monoisotopic (exact) mass is 338 g/mol. The summed E-state index contributed by atoms with van der Waals surface area (Å²) in [5.74, 6) is 0. The molecule has 25 heavy (non-hydrogen) atoms. The molecule has 132 valence electrons. The second-order valence-corrected chi connectivity index (χ2v) is 6.85. The maximum atomic E-state index is 4.67. The van der Waals surface area contributed by atoms with E-state index >= 15 is 0 Å². The summed E-state index contributed by atoms with van der Waals surface area (Å²) < 4.78 is 3.92. The fourth-order valence-corrected chi connectivity index (χ4v) is 3.11. The Hall–Kier alpha value is -2.47. The number of rotatable bonds is 6. The molecule has 0 N–H and O–H groups in total. The van der Waals surface area contributed by atoms with Crippen LogP contribution < -0.4 is 0 Å². The van der Waals surface area contributed by atoms with Gasteiger partial charge in [-0.15, -0.1) is 5.10 Å². The van der Waals surface area contributed by atoms with Gasteiger partial charge in [-0.25, -0.2) is 4.68 Å². The van der Waals surface area contributed by atoms with Crippen LogP contribution >= 0.6 is 0 Å². The number of aryl methyl sites for hydroxylation is 1. The van der Waals surface area contributed by atoms with Gasteiger partial charge in [0.25, 0.3) is 0 Å². The van der Waals surface area contributed by atoms with Crippen molar-refractivity contribution in [2.45, 2.75) is 46.8 Å². The van der Waals surface area contributed by atoms with E-state index in [1.54, 1.807) is 0 Å². The lowest BCUT2D eigenvalue weighted by Gasteiger charge is -2.16. The topological polar surface area (TPSA) is 51.8 Å². The molecular formula is C19H26N6. The summed E-state index contributed by atoms with van der Waals surface area (Å²) in [6, 6.07) is 10.4. The van der Waals surface area contributed by atoms with Crippen molar-refractivity contribution >= 4 is 0 Å². The highest BCUT2D eigenvalue weighted by atomic mass is 15.4. The Morgan fingerprint density at radius 3 is 2.44 bits per heavy atom. The van der Waals surface area contributed by atoms with Crippen molar-refractivity contribution in [3.8, 4) is 5.69 Å². The van der Waals surface area contributed by atoms with Gasteiger partial charge in [-0.05, 0) is 46.9 Å². The zero-order valence-electron chi connectivity index (χ0n) is 15.6. The molecule has 0 amide bonds. The third-order valence-electron chi connectivity index (χ3n) is 4.39. The molecule has 6 heteroatoms. The molecule has 0 bridgehead atoms. The smallest absolute Gasteiger partial charge is 0.0971 e. The first kappa shape index (κ1) is 17.4. The van der Waals surface area contributed by atoms with E-state index in [0.29, 0.717) is 6.04 Å². The Balaban J connectivity index is 1.70. The van der Waals surface area contributed by atoms with Crippen molar-refractivity contribution in [2.24, 2.45) is 0 Å². The highest BCUT2D eigenvalue weighted by Gasteiger charge is 2.15. The lowest BCUT2D eigenvalue weighted by atomic mass is 10.2. The Morgan fingerprint density at radius 2 is 1.80 bits per heavy atom. The molecule has 3 rings (SSSR count). The molecule has 0 fully saturated rings. The number of para-hydroxylation sites is 1. The molecule has 6 nitrogen and oxygen atoms in total. The summed E-state index contributed by atoms with van der Waals surface area (Å²) >= 11 is 0. The van der Waals surface area contributed by atoms with Gasteiger partial charge in [-0.2, -0.15) is 5.10 Å². The van der Waals surface area contributed by atoms with Gasteiger partial charge < -0.3 is 0 Å². The Labute approximate surface area is 149 Å². The minimum atomic E-state index is 0.378. The zero-order chi connectivity index (χ0) is 18.0. The van der Waals surface area contributed by atoms with Crippen LogP contribution in [0.15, 0.2) is 36.5 Å². The van der Waals surface area contributed by atoms with Crippen LogP contribution in [-0.4, -0.2) is 36.7 Å². The minimum Gasteiger partial charge on any atom is -0.296 e. The second kappa shape index (κ2) is 7.19. The summed E-state index contributed by atoms with van der Waals surface area (Å²) in [6.45, 7) is 10.2. The van der Waals surface area contributed by atoms with Crippen LogP contribution in [0.4, 0.5) is 0 Å². The van der Waals surface area contributed by atoms with Crippen molar-refractivity contribution in [2.75, 3.05) is 7.05 Å². The molecule has 0 radical (unpaired) electrons. The average molecular weight is 338 g/mol. The van der Waals surface area contributed by atoms with Crippen molar-refractivity contribution < 1.29 is 0 Å². The van der Waals surface area contributed by atoms with E-state index in [0.717, 1.165) is 30.2 Å². The predicted molar refractivity (Wildman–Crippen MR) is 98.6 cm³/mol. The Morgan fingerprint density at radius 1 is 1.08 bits per heavy atom. The number of hydrogen-bond donors (Lipinski definition) is 0. The molecule has 0 saturated carbocycles. The van der Waals surface area contributed by atoms with Crippen LogP contribution in [0.1, 0.15) is 42.5 Å². The maximum absolute atomic E-state index is 4.67. The first-order valence-corrected chi connectivity index (χ1v) is 8.65. The number of hydrogen-bond acceptors (Lipinski definition) is 4. The fourth-order valence-electron chi connectivity index (χ4n) is 3.11. The van der Waals surface area contributed by atoms with Crippen LogP contribution in [0.3, 0.4) is 0 Å². The van der Waals surface area contributed by atoms with Crippen molar-refractivity contribution in [1.29, 1.82) is 0 Å². The quantitative estimate of drug-likeness (QED) is 0.692. The first-order valence-electron chi connectivity index (χ1n) is 8.65. The molecule has 0 unspecified atom stereocenters. The molecule has 2 aromatic heterocycles. The van der Waals surface area contributed by atoms with Gasteiger partial charge in [0.05, 0.1) is 23.3 Å². The number of benzene rings is 1. The third-order valence-corrected chi connectivity index (χ3v) is 4.39. The van der Waals surface area contributed by atoms with Gasteiger partial charge in [-0.1, -0.05) is 23.4 Å². The van der Waals surface area contributed by atoms with Crippen molar-refractivity contribution in [1.82, 2.24) is 29.7 Å². The minimum absolute atomic E-state index is 0.378. The van der Waals surface area contributed by atoms with E-state index in [4.69, 9.17) is 0 Å². The standard InChI is InChI=1S/C19H26N6/c1-14(2)25-16(4)19(15(3)21-25)13-23(5)11-17-12-24(22-20-17)18-9-7-6-8-10-18/h6-10,12,14H,11,13H2,1-5H3. The SMILES string of the molecule is Cc1nn(C(C)C)c(C)c1CN(C)Cc1cn(-c2ccccc2)nn1. The van der Waals surface area contributed by atoms with Gasteiger partial charge in [0, 0.05) is 30.4 Å². The molecule has 2 heterocycles. The largest absolute Gasteiger partial charge is 0.296 e. The average Bonchev–Trinajstić information content (AvgIpc) is 3.15. The van der Waals surface area contributed by atoms with Gasteiger partial charge in [-0.3, -0.25) is 9.58 Å². The van der Waals surface area contributed by atoms with Gasteiger partial charge in [0.15, 0.2) is 0 Å². The molecule has 1 aromatic carbocycles. The summed E-state index contributed by atoms with van der Waals surface area (Å²) in [6.07, 6.45) is 1.99. The molecule has 0 spiro atoms. The van der Waals surface area contributed by atoms with Crippen LogP contribution in [0.2, 0.25) is 0 Å². The molecule has 0 atom stereocenters. The van der Waals surface area contributed by atoms with E-state index in [1.807, 2.05) is 41.2 Å². The normalized spacial score (nSPS) is 11.6. The first-order chi connectivity index (χ1) is 12.0. The molecular weight excluding hydrogens is 312 g/mol. The molecule has 0 aliphatic rings. The second-order valence-electron chi connectivity index (χ2n) is 6.85. The summed E-state index contributed by atoms with van der Waals surface area (Å²) in [5.41, 5.74) is 5.62. The van der Waals surface area contributed by atoms with Gasteiger partial charge in [0.2, 0.25) is 0 Å². The summed E-state index contributed by atoms with van der Waals surface area (Å²) in [4.78, 5) is 2.25. The maximum Gasteiger partial charge on any atom is 0.0971 e. The van der Waals surface area contributed by atoms with Crippen LogP contribution in [0, 0.1) is 13.8 Å².